The molecule has 1 aromatic rings. The number of amides is 1. The van der Waals surface area contributed by atoms with Crippen LogP contribution in [-0.4, -0.2) is 68.9 Å². The van der Waals surface area contributed by atoms with Gasteiger partial charge in [-0.15, -0.1) is 0 Å². The van der Waals surface area contributed by atoms with Gasteiger partial charge >= 0.3 is 13.9 Å². The molecule has 4 heterocycles. The lowest BCUT2D eigenvalue weighted by atomic mass is 9.94. The highest BCUT2D eigenvalue weighted by molar-refractivity contribution is 7.47. The normalized spacial score (nSPS) is 35.5. The van der Waals surface area contributed by atoms with E-state index < -0.39 is 55.7 Å². The first-order chi connectivity index (χ1) is 13.9. The molecule has 4 rings (SSSR count). The van der Waals surface area contributed by atoms with Gasteiger partial charge in [-0.1, -0.05) is 0 Å². The molecule has 15 heteroatoms. The predicted octanol–water partition coefficient (Wildman–Crippen LogP) is -0.511. The molecule has 2 fully saturated rings. The van der Waals surface area contributed by atoms with Crippen LogP contribution in [0.3, 0.4) is 0 Å². The number of rotatable bonds is 0. The molecule has 6 atom stereocenters. The van der Waals surface area contributed by atoms with E-state index in [0.717, 1.165) is 4.90 Å². The highest BCUT2D eigenvalue weighted by atomic mass is 31.2. The number of carbonyl (C=O) groups is 1. The monoisotopic (exact) mass is 447 g/mol. The summed E-state index contributed by atoms with van der Waals surface area (Å²) >= 11 is 0. The first kappa shape index (κ1) is 21.0. The Morgan fingerprint density at radius 1 is 1.43 bits per heavy atom. The van der Waals surface area contributed by atoms with Crippen LogP contribution in [0, 0.1) is 0 Å². The number of nitrogen functional groups attached to an aromatic ring is 1. The Labute approximate surface area is 169 Å². The van der Waals surface area contributed by atoms with Crippen LogP contribution in [0.4, 0.5) is 22.2 Å². The molecule has 1 amide bonds. The zero-order valence-electron chi connectivity index (χ0n) is 16.3. The van der Waals surface area contributed by atoms with E-state index in [0.29, 0.717) is 0 Å². The van der Waals surface area contributed by atoms with E-state index in [1.807, 2.05) is 0 Å². The van der Waals surface area contributed by atoms with Crippen LogP contribution in [0.1, 0.15) is 20.8 Å². The van der Waals surface area contributed by atoms with Gasteiger partial charge in [-0.05, 0) is 20.8 Å². The summed E-state index contributed by atoms with van der Waals surface area (Å²) in [6.07, 6.45) is -5.78. The molecule has 0 saturated carbocycles. The number of fused-ring (bicyclic) bond motifs is 3. The summed E-state index contributed by atoms with van der Waals surface area (Å²) in [4.78, 5) is 42.3. The van der Waals surface area contributed by atoms with Gasteiger partial charge in [0.25, 0.3) is 5.56 Å². The minimum absolute atomic E-state index is 0.150. The Hall–Kier alpha value is -2.22. The number of ether oxygens (including phenoxy) is 2. The number of hydrogen-bond donors (Lipinski definition) is 5. The molecule has 0 radical (unpaired) electrons. The number of nitrogens with zero attached hydrogens (tertiary/aromatic N) is 2. The minimum Gasteiger partial charge on any atom is -0.443 e. The summed E-state index contributed by atoms with van der Waals surface area (Å²) < 4.78 is 32.8. The third-order valence-electron chi connectivity index (χ3n) is 4.65. The molecule has 0 aliphatic carbocycles. The van der Waals surface area contributed by atoms with Crippen LogP contribution in [0.5, 0.6) is 0 Å². The van der Waals surface area contributed by atoms with E-state index in [1.165, 1.54) is 0 Å². The highest BCUT2D eigenvalue weighted by Gasteiger charge is 2.57. The molecule has 2 saturated heterocycles. The van der Waals surface area contributed by atoms with Gasteiger partial charge in [0, 0.05) is 0 Å². The molecule has 3 aliphatic heterocycles. The zero-order chi connectivity index (χ0) is 22.0. The Balaban J connectivity index is 1.78. The van der Waals surface area contributed by atoms with Crippen LogP contribution in [0.2, 0.25) is 0 Å². The lowest BCUT2D eigenvalue weighted by Crippen LogP contribution is -2.70. The number of hydrogen-bond acceptors (Lipinski definition) is 11. The second-order valence-corrected chi connectivity index (χ2v) is 9.47. The Morgan fingerprint density at radius 2 is 2.13 bits per heavy atom. The summed E-state index contributed by atoms with van der Waals surface area (Å²) in [5.41, 5.74) is 3.90. The number of aromatic amines is 1. The Bertz CT molecular complexity index is 978. The zero-order valence-corrected chi connectivity index (χ0v) is 17.2. The molecule has 166 valence electrons. The van der Waals surface area contributed by atoms with Crippen molar-refractivity contribution in [3.8, 4) is 0 Å². The van der Waals surface area contributed by atoms with Crippen LogP contribution < -0.4 is 21.5 Å². The van der Waals surface area contributed by atoms with Gasteiger partial charge in [-0.25, -0.2) is 14.3 Å². The van der Waals surface area contributed by atoms with Crippen molar-refractivity contribution in [1.29, 1.82) is 0 Å². The Kier molecular flexibility index (Phi) is 4.84. The maximum absolute atomic E-state index is 13.0. The SMILES string of the molecule is CC(C)(C)OC(=O)N1c2nc(N)[nH]c(=O)c2N[C@H]2[C@H](O)[C@H]3OP(=O)(O)OC[C@H]3O[C@H]21. The van der Waals surface area contributed by atoms with Gasteiger partial charge in [0.1, 0.15) is 35.6 Å². The van der Waals surface area contributed by atoms with Crippen molar-refractivity contribution in [3.63, 3.8) is 0 Å². The number of aliphatic hydroxyl groups excluding tert-OH is 1. The maximum atomic E-state index is 13.0. The molecule has 1 aromatic heterocycles. The minimum atomic E-state index is -4.37. The van der Waals surface area contributed by atoms with Gasteiger partial charge in [0.2, 0.25) is 5.95 Å². The molecule has 0 bridgehead atoms. The van der Waals surface area contributed by atoms with Crippen molar-refractivity contribution in [2.45, 2.75) is 57.0 Å². The molecule has 0 aromatic carbocycles. The Morgan fingerprint density at radius 3 is 2.80 bits per heavy atom. The number of nitrogens with two attached hydrogens (primary N) is 1. The number of aromatic nitrogens is 2. The molecular weight excluding hydrogens is 425 g/mol. The average Bonchev–Trinajstić information content (AvgIpc) is 2.59. The molecule has 3 aliphatic rings. The van der Waals surface area contributed by atoms with Gasteiger partial charge in [0.15, 0.2) is 12.0 Å². The van der Waals surface area contributed by atoms with E-state index in [9.17, 15) is 24.2 Å². The van der Waals surface area contributed by atoms with Crippen molar-refractivity contribution < 1.29 is 37.9 Å². The van der Waals surface area contributed by atoms with E-state index in [4.69, 9.17) is 24.3 Å². The standard InChI is InChI=1S/C15H22N5O9P/c1-15(2,3)28-14(23)20-10-7(11(22)19-13(16)18-10)17-6-8(21)9-5(27-12(6)20)4-26-30(24,25)29-9/h5-6,8-9,12,17,21H,4H2,1-3H3,(H,24,25)(H3,16,18,19,22)/t5-,6+,8+,9+,12-/m1/s1. The van der Waals surface area contributed by atoms with Gasteiger partial charge in [-0.3, -0.25) is 18.8 Å². The molecular formula is C15H22N5O9P. The largest absolute Gasteiger partial charge is 0.472 e. The quantitative estimate of drug-likeness (QED) is 0.320. The lowest BCUT2D eigenvalue weighted by Gasteiger charge is -2.51. The molecule has 6 N–H and O–H groups in total. The van der Waals surface area contributed by atoms with Crippen molar-refractivity contribution in [3.05, 3.63) is 10.4 Å². The van der Waals surface area contributed by atoms with E-state index in [1.54, 1.807) is 20.8 Å². The van der Waals surface area contributed by atoms with Gasteiger partial charge in [-0.2, -0.15) is 4.98 Å². The van der Waals surface area contributed by atoms with E-state index >= 15 is 0 Å². The first-order valence-electron chi connectivity index (χ1n) is 9.04. The summed E-state index contributed by atoms with van der Waals surface area (Å²) in [7, 11) is -4.37. The van der Waals surface area contributed by atoms with Crippen LogP contribution in [0.25, 0.3) is 0 Å². The summed E-state index contributed by atoms with van der Waals surface area (Å²) in [6, 6.07) is -1.11. The summed E-state index contributed by atoms with van der Waals surface area (Å²) in [5, 5.41) is 13.6. The van der Waals surface area contributed by atoms with Crippen molar-refractivity contribution >= 4 is 31.4 Å². The molecule has 30 heavy (non-hydrogen) atoms. The van der Waals surface area contributed by atoms with Crippen molar-refractivity contribution in [1.82, 2.24) is 9.97 Å². The lowest BCUT2D eigenvalue weighted by molar-refractivity contribution is -0.197. The van der Waals surface area contributed by atoms with Crippen molar-refractivity contribution in [2.24, 2.45) is 0 Å². The van der Waals surface area contributed by atoms with Crippen LogP contribution in [-0.2, 0) is 23.1 Å². The summed E-state index contributed by atoms with van der Waals surface area (Å²) in [6.45, 7) is 4.59. The fraction of sp³-hybridized carbons (Fsp3) is 0.667. The van der Waals surface area contributed by atoms with Crippen molar-refractivity contribution in [2.75, 3.05) is 22.6 Å². The maximum Gasteiger partial charge on any atom is 0.472 e. The fourth-order valence-electron chi connectivity index (χ4n) is 3.50. The van der Waals surface area contributed by atoms with Gasteiger partial charge in [0.05, 0.1) is 6.61 Å². The number of carbonyl (C=O) groups excluding carboxylic acids is 1. The number of H-pyrrole nitrogens is 1. The smallest absolute Gasteiger partial charge is 0.443 e. The number of phosphoric acid groups is 1. The fourth-order valence-corrected chi connectivity index (χ4v) is 4.46. The number of phosphoric ester groups is 1. The number of anilines is 3. The number of nitrogens with one attached hydrogen (secondary N) is 2. The van der Waals surface area contributed by atoms with Crippen LogP contribution >= 0.6 is 7.82 Å². The first-order valence-corrected chi connectivity index (χ1v) is 10.5. The second-order valence-electron chi connectivity index (χ2n) is 8.06. The van der Waals surface area contributed by atoms with Gasteiger partial charge < -0.3 is 30.5 Å². The number of aliphatic hydroxyl groups is 1. The summed E-state index contributed by atoms with van der Waals surface area (Å²) in [5.74, 6) is -0.393. The molecule has 1 unspecified atom stereocenters. The van der Waals surface area contributed by atoms with Crippen LogP contribution in [0.15, 0.2) is 4.79 Å². The molecule has 14 nitrogen and oxygen atoms in total. The molecule has 0 spiro atoms. The topological polar surface area (TPSA) is 199 Å². The van der Waals surface area contributed by atoms with E-state index in [2.05, 4.69) is 15.3 Å². The highest BCUT2D eigenvalue weighted by Crippen LogP contribution is 2.51. The van der Waals surface area contributed by atoms with E-state index in [-0.39, 0.29) is 24.1 Å². The average molecular weight is 447 g/mol. The third kappa shape index (κ3) is 3.66. The third-order valence-corrected chi connectivity index (χ3v) is 5.64. The predicted molar refractivity (Wildman–Crippen MR) is 101 cm³/mol. The second kappa shape index (κ2) is 6.90.